The zero-order valence-corrected chi connectivity index (χ0v) is 18.6. The lowest BCUT2D eigenvalue weighted by atomic mass is 10.0. The maximum Gasteiger partial charge on any atom is 0.272 e. The first kappa shape index (κ1) is 23.9. The Kier molecular flexibility index (Phi) is 10.9. The number of benzene rings is 1. The maximum absolute atomic E-state index is 12.2. The van der Waals surface area contributed by atoms with Crippen LogP contribution in [0, 0.1) is 0 Å². The number of ether oxygens (including phenoxy) is 1. The summed E-state index contributed by atoms with van der Waals surface area (Å²) in [4.78, 5) is 6.77. The van der Waals surface area contributed by atoms with Crippen LogP contribution in [0.1, 0.15) is 32.3 Å². The highest BCUT2D eigenvalue weighted by atomic mass is 127. The van der Waals surface area contributed by atoms with Crippen molar-refractivity contribution in [2.75, 3.05) is 26.7 Å². The van der Waals surface area contributed by atoms with Gasteiger partial charge in [0.1, 0.15) is 12.4 Å². The summed E-state index contributed by atoms with van der Waals surface area (Å²) < 4.78 is 29.6. The van der Waals surface area contributed by atoms with E-state index in [-0.39, 0.29) is 24.0 Å². The summed E-state index contributed by atoms with van der Waals surface area (Å²) >= 11 is 0. The Labute approximate surface area is 178 Å². The standard InChI is InChI=1S/C19H30F2N4O.HI/c1-14(2)25-9-7-16(8-10-25)24-19(22-3)23-12-15-5-4-6-17(11-15)26-13-18(20)21;/h4-6,11,14,16,18H,7-10,12-13H2,1-3H3,(H2,22,23,24);1H. The Morgan fingerprint density at radius 3 is 2.59 bits per heavy atom. The predicted octanol–water partition coefficient (Wildman–Crippen LogP) is 3.49. The van der Waals surface area contributed by atoms with Gasteiger partial charge in [-0.2, -0.15) is 0 Å². The molecule has 27 heavy (non-hydrogen) atoms. The Bertz CT molecular complexity index is 579. The normalized spacial score (nSPS) is 16.3. The molecule has 1 aliphatic heterocycles. The van der Waals surface area contributed by atoms with Gasteiger partial charge in [-0.15, -0.1) is 24.0 Å². The molecule has 0 atom stereocenters. The summed E-state index contributed by atoms with van der Waals surface area (Å²) in [6.45, 7) is 6.61. The molecular formula is C19H31F2IN4O. The third-order valence-corrected chi connectivity index (χ3v) is 4.56. The number of nitrogens with zero attached hydrogens (tertiary/aromatic N) is 2. The molecule has 1 saturated heterocycles. The van der Waals surface area contributed by atoms with E-state index in [1.54, 1.807) is 25.2 Å². The van der Waals surface area contributed by atoms with Crippen LogP contribution in [-0.2, 0) is 6.54 Å². The molecule has 1 heterocycles. The van der Waals surface area contributed by atoms with E-state index in [0.29, 0.717) is 24.4 Å². The zero-order valence-electron chi connectivity index (χ0n) is 16.3. The van der Waals surface area contributed by atoms with Crippen molar-refractivity contribution in [3.63, 3.8) is 0 Å². The highest BCUT2D eigenvalue weighted by Gasteiger charge is 2.21. The average molecular weight is 496 g/mol. The molecule has 1 fully saturated rings. The van der Waals surface area contributed by atoms with Crippen molar-refractivity contribution in [2.45, 2.75) is 51.7 Å². The number of rotatable bonds is 7. The molecule has 0 amide bonds. The van der Waals surface area contributed by atoms with Crippen molar-refractivity contribution >= 4 is 29.9 Å². The molecule has 0 spiro atoms. The van der Waals surface area contributed by atoms with Gasteiger partial charge in [-0.25, -0.2) is 8.78 Å². The molecule has 0 bridgehead atoms. The fourth-order valence-corrected chi connectivity index (χ4v) is 3.04. The Morgan fingerprint density at radius 1 is 1.30 bits per heavy atom. The van der Waals surface area contributed by atoms with Crippen LogP contribution in [0.15, 0.2) is 29.3 Å². The first-order valence-electron chi connectivity index (χ1n) is 9.19. The number of guanidine groups is 1. The molecule has 0 aliphatic carbocycles. The number of piperidine rings is 1. The average Bonchev–Trinajstić information content (AvgIpc) is 2.64. The van der Waals surface area contributed by atoms with Gasteiger partial charge in [-0.1, -0.05) is 12.1 Å². The second-order valence-electron chi connectivity index (χ2n) is 6.82. The second kappa shape index (κ2) is 12.3. The van der Waals surface area contributed by atoms with E-state index < -0.39 is 13.0 Å². The number of hydrogen-bond acceptors (Lipinski definition) is 3. The van der Waals surface area contributed by atoms with Gasteiger partial charge < -0.3 is 20.3 Å². The van der Waals surface area contributed by atoms with Gasteiger partial charge in [0, 0.05) is 38.8 Å². The quantitative estimate of drug-likeness (QED) is 0.345. The van der Waals surface area contributed by atoms with Crippen molar-refractivity contribution in [3.8, 4) is 5.75 Å². The topological polar surface area (TPSA) is 48.9 Å². The first-order valence-corrected chi connectivity index (χ1v) is 9.19. The van der Waals surface area contributed by atoms with Crippen LogP contribution in [0.5, 0.6) is 5.75 Å². The third-order valence-electron chi connectivity index (χ3n) is 4.56. The van der Waals surface area contributed by atoms with Crippen LogP contribution in [0.25, 0.3) is 0 Å². The van der Waals surface area contributed by atoms with Gasteiger partial charge in [0.05, 0.1) is 0 Å². The molecular weight excluding hydrogens is 465 g/mol. The van der Waals surface area contributed by atoms with E-state index in [1.807, 2.05) is 6.07 Å². The van der Waals surface area contributed by atoms with Crippen molar-refractivity contribution in [3.05, 3.63) is 29.8 Å². The molecule has 1 aromatic rings. The lowest BCUT2D eigenvalue weighted by molar-refractivity contribution is 0.0818. The molecule has 0 saturated carbocycles. The van der Waals surface area contributed by atoms with Gasteiger partial charge in [-0.3, -0.25) is 4.99 Å². The summed E-state index contributed by atoms with van der Waals surface area (Å²) in [5.41, 5.74) is 0.953. The molecule has 8 heteroatoms. The van der Waals surface area contributed by atoms with Crippen molar-refractivity contribution in [1.29, 1.82) is 0 Å². The summed E-state index contributed by atoms with van der Waals surface area (Å²) in [7, 11) is 1.75. The number of alkyl halides is 2. The third kappa shape index (κ3) is 8.59. The van der Waals surface area contributed by atoms with Crippen molar-refractivity contribution < 1.29 is 13.5 Å². The van der Waals surface area contributed by atoms with E-state index in [2.05, 4.69) is 34.4 Å². The Morgan fingerprint density at radius 2 is 2.00 bits per heavy atom. The molecule has 0 unspecified atom stereocenters. The van der Waals surface area contributed by atoms with E-state index in [0.717, 1.165) is 37.5 Å². The summed E-state index contributed by atoms with van der Waals surface area (Å²) in [5.74, 6) is 1.21. The lowest BCUT2D eigenvalue weighted by Gasteiger charge is -2.35. The van der Waals surface area contributed by atoms with Crippen LogP contribution >= 0.6 is 24.0 Å². The minimum Gasteiger partial charge on any atom is -0.488 e. The van der Waals surface area contributed by atoms with Crippen LogP contribution in [0.2, 0.25) is 0 Å². The first-order chi connectivity index (χ1) is 12.5. The van der Waals surface area contributed by atoms with Crippen LogP contribution in [0.3, 0.4) is 0 Å². The van der Waals surface area contributed by atoms with Gasteiger partial charge in [0.15, 0.2) is 5.96 Å². The second-order valence-corrected chi connectivity index (χ2v) is 6.82. The smallest absolute Gasteiger partial charge is 0.272 e. The highest BCUT2D eigenvalue weighted by Crippen LogP contribution is 2.15. The van der Waals surface area contributed by atoms with Crippen molar-refractivity contribution in [2.24, 2.45) is 4.99 Å². The van der Waals surface area contributed by atoms with Gasteiger partial charge in [-0.05, 0) is 44.4 Å². The molecule has 5 nitrogen and oxygen atoms in total. The minimum absolute atomic E-state index is 0. The summed E-state index contributed by atoms with van der Waals surface area (Å²) in [6, 6.07) is 8.18. The summed E-state index contributed by atoms with van der Waals surface area (Å²) in [6.07, 6.45) is -0.284. The Balaban J connectivity index is 0.00000364. The minimum atomic E-state index is -2.47. The Hall–Kier alpha value is -1.16. The zero-order chi connectivity index (χ0) is 18.9. The van der Waals surface area contributed by atoms with Crippen LogP contribution < -0.4 is 15.4 Å². The fourth-order valence-electron chi connectivity index (χ4n) is 3.04. The van der Waals surface area contributed by atoms with Crippen LogP contribution in [-0.4, -0.2) is 56.1 Å². The lowest BCUT2D eigenvalue weighted by Crippen LogP contribution is -2.49. The molecule has 0 aromatic heterocycles. The van der Waals surface area contributed by atoms with Gasteiger partial charge in [0.2, 0.25) is 0 Å². The molecule has 1 aliphatic rings. The largest absolute Gasteiger partial charge is 0.488 e. The molecule has 2 rings (SSSR count). The number of hydrogen-bond donors (Lipinski definition) is 2. The molecule has 1 aromatic carbocycles. The molecule has 2 N–H and O–H groups in total. The van der Waals surface area contributed by atoms with Gasteiger partial charge in [0.25, 0.3) is 6.43 Å². The summed E-state index contributed by atoms with van der Waals surface area (Å²) in [5, 5.41) is 6.75. The number of halogens is 3. The number of aliphatic imine (C=N–C) groups is 1. The number of likely N-dealkylation sites (tertiary alicyclic amines) is 1. The predicted molar refractivity (Wildman–Crippen MR) is 116 cm³/mol. The highest BCUT2D eigenvalue weighted by molar-refractivity contribution is 14.0. The maximum atomic E-state index is 12.2. The SMILES string of the molecule is CN=C(NCc1cccc(OCC(F)F)c1)NC1CCN(C(C)C)CC1.I. The molecule has 154 valence electrons. The van der Waals surface area contributed by atoms with Crippen LogP contribution in [0.4, 0.5) is 8.78 Å². The van der Waals surface area contributed by atoms with Gasteiger partial charge >= 0.3 is 0 Å². The van der Waals surface area contributed by atoms with E-state index in [4.69, 9.17) is 4.74 Å². The molecule has 0 radical (unpaired) electrons. The van der Waals surface area contributed by atoms with E-state index in [9.17, 15) is 8.78 Å². The van der Waals surface area contributed by atoms with E-state index >= 15 is 0 Å². The van der Waals surface area contributed by atoms with Crippen molar-refractivity contribution in [1.82, 2.24) is 15.5 Å². The number of nitrogens with one attached hydrogen (secondary N) is 2. The monoisotopic (exact) mass is 496 g/mol. The fraction of sp³-hybridized carbons (Fsp3) is 0.632. The van der Waals surface area contributed by atoms with E-state index in [1.165, 1.54) is 0 Å².